The lowest BCUT2D eigenvalue weighted by atomic mass is 9.64. The van der Waals surface area contributed by atoms with Crippen LogP contribution >= 0.6 is 0 Å². The van der Waals surface area contributed by atoms with Gasteiger partial charge in [-0.1, -0.05) is 0 Å². The summed E-state index contributed by atoms with van der Waals surface area (Å²) in [6.45, 7) is 8.58. The van der Waals surface area contributed by atoms with Crippen molar-refractivity contribution >= 4 is 6.09 Å². The van der Waals surface area contributed by atoms with E-state index >= 15 is 0 Å². The van der Waals surface area contributed by atoms with Gasteiger partial charge >= 0.3 is 6.09 Å². The maximum Gasteiger partial charge on any atom is 0.409 e. The van der Waals surface area contributed by atoms with Crippen LogP contribution in [-0.2, 0) is 9.47 Å². The smallest absolute Gasteiger partial charge is 0.409 e. The van der Waals surface area contributed by atoms with Gasteiger partial charge in [0.2, 0.25) is 0 Å². The maximum absolute atomic E-state index is 12.0. The first-order chi connectivity index (χ1) is 13.1. The quantitative estimate of drug-likeness (QED) is 0.680. The highest BCUT2D eigenvalue weighted by atomic mass is 16.6. The Balaban J connectivity index is 1.21. The molecule has 0 N–H and O–H groups in total. The molecule has 27 heavy (non-hydrogen) atoms. The number of hydrogen-bond acceptors (Lipinski definition) is 5. The van der Waals surface area contributed by atoms with Crippen molar-refractivity contribution in [3.63, 3.8) is 0 Å². The third kappa shape index (κ3) is 4.28. The first-order valence-corrected chi connectivity index (χ1v) is 11.0. The Labute approximate surface area is 164 Å². The third-order valence-corrected chi connectivity index (χ3v) is 7.36. The van der Waals surface area contributed by atoms with Gasteiger partial charge in [-0.15, -0.1) is 0 Å². The van der Waals surface area contributed by atoms with E-state index in [0.29, 0.717) is 12.0 Å². The molecule has 0 aromatic heterocycles. The number of methoxy groups -OCH3 is 1. The minimum absolute atomic E-state index is 0.116. The summed E-state index contributed by atoms with van der Waals surface area (Å²) in [5, 5.41) is 0. The monoisotopic (exact) mass is 379 g/mol. The maximum atomic E-state index is 12.0. The van der Waals surface area contributed by atoms with Gasteiger partial charge in [-0.2, -0.15) is 0 Å². The zero-order chi connectivity index (χ0) is 18.9. The van der Waals surface area contributed by atoms with E-state index in [1.807, 2.05) is 18.9 Å². The number of nitrogens with zero attached hydrogens (tertiary/aromatic N) is 3. The average Bonchev–Trinajstić information content (AvgIpc) is 3.38. The molecule has 0 aromatic rings. The Bertz CT molecular complexity index is 511. The summed E-state index contributed by atoms with van der Waals surface area (Å²) >= 11 is 0. The number of carbonyl (C=O) groups is 1. The summed E-state index contributed by atoms with van der Waals surface area (Å²) in [5.41, 5.74) is 0.382. The van der Waals surface area contributed by atoms with E-state index in [4.69, 9.17) is 9.47 Å². The first-order valence-electron chi connectivity index (χ1n) is 11.0. The normalized spacial score (nSPS) is 32.3. The van der Waals surface area contributed by atoms with Crippen LogP contribution in [-0.4, -0.2) is 92.0 Å². The van der Waals surface area contributed by atoms with Crippen molar-refractivity contribution < 1.29 is 14.3 Å². The van der Waals surface area contributed by atoms with Crippen molar-refractivity contribution in [3.8, 4) is 0 Å². The van der Waals surface area contributed by atoms with E-state index in [9.17, 15) is 4.79 Å². The second-order valence-electron chi connectivity index (χ2n) is 9.16. The first kappa shape index (κ1) is 19.5. The Kier molecular flexibility index (Phi) is 5.95. The van der Waals surface area contributed by atoms with Crippen LogP contribution in [0.15, 0.2) is 0 Å². The summed E-state index contributed by atoms with van der Waals surface area (Å²) in [7, 11) is 1.81. The number of carbonyl (C=O) groups excluding carboxylic acids is 1. The van der Waals surface area contributed by atoms with Gasteiger partial charge < -0.3 is 19.3 Å². The van der Waals surface area contributed by atoms with Gasteiger partial charge in [0.05, 0.1) is 13.2 Å². The van der Waals surface area contributed by atoms with Crippen molar-refractivity contribution in [1.29, 1.82) is 0 Å². The molecular weight excluding hydrogens is 342 g/mol. The predicted molar refractivity (Wildman–Crippen MR) is 105 cm³/mol. The average molecular weight is 380 g/mol. The fourth-order valence-electron chi connectivity index (χ4n) is 5.69. The molecule has 0 unspecified atom stereocenters. The SMILES string of the molecule is CCOC(=O)N1CCC2(CC(N3CCC(N(CCOC)C4CC4)CC3)C2)C1. The van der Waals surface area contributed by atoms with Crippen LogP contribution in [0.3, 0.4) is 0 Å². The van der Waals surface area contributed by atoms with Crippen LogP contribution in [0.4, 0.5) is 4.79 Å². The molecule has 0 bridgehead atoms. The Morgan fingerprint density at radius 1 is 1.11 bits per heavy atom. The van der Waals surface area contributed by atoms with E-state index in [1.165, 1.54) is 51.6 Å². The van der Waals surface area contributed by atoms with Crippen molar-refractivity contribution in [2.45, 2.75) is 70.0 Å². The zero-order valence-corrected chi connectivity index (χ0v) is 17.2. The zero-order valence-electron chi connectivity index (χ0n) is 17.2. The Morgan fingerprint density at radius 2 is 1.81 bits per heavy atom. The molecule has 6 heteroatoms. The van der Waals surface area contributed by atoms with Gasteiger partial charge in [0.15, 0.2) is 0 Å². The Morgan fingerprint density at radius 3 is 2.44 bits per heavy atom. The third-order valence-electron chi connectivity index (χ3n) is 7.36. The molecule has 0 radical (unpaired) electrons. The van der Waals surface area contributed by atoms with Gasteiger partial charge in [0.25, 0.3) is 0 Å². The highest BCUT2D eigenvalue weighted by molar-refractivity contribution is 5.68. The molecule has 2 saturated carbocycles. The van der Waals surface area contributed by atoms with E-state index in [-0.39, 0.29) is 6.09 Å². The molecule has 2 aliphatic heterocycles. The second-order valence-corrected chi connectivity index (χ2v) is 9.16. The predicted octanol–water partition coefficient (Wildman–Crippen LogP) is 2.57. The molecule has 1 spiro atoms. The van der Waals surface area contributed by atoms with Crippen molar-refractivity contribution in [3.05, 3.63) is 0 Å². The van der Waals surface area contributed by atoms with Gasteiger partial charge in [0.1, 0.15) is 0 Å². The van der Waals surface area contributed by atoms with Crippen molar-refractivity contribution in [1.82, 2.24) is 14.7 Å². The van der Waals surface area contributed by atoms with Crippen LogP contribution in [0.5, 0.6) is 0 Å². The van der Waals surface area contributed by atoms with Crippen LogP contribution in [0.25, 0.3) is 0 Å². The summed E-state index contributed by atoms with van der Waals surface area (Å²) in [5.74, 6) is 0. The van der Waals surface area contributed by atoms with Crippen LogP contribution in [0, 0.1) is 5.41 Å². The molecule has 0 atom stereocenters. The molecule has 4 fully saturated rings. The lowest BCUT2D eigenvalue weighted by Crippen LogP contribution is -2.56. The fraction of sp³-hybridized carbons (Fsp3) is 0.952. The van der Waals surface area contributed by atoms with Crippen LogP contribution in [0.2, 0.25) is 0 Å². The van der Waals surface area contributed by atoms with E-state index in [2.05, 4.69) is 9.80 Å². The topological polar surface area (TPSA) is 45.2 Å². The highest BCUT2D eigenvalue weighted by Crippen LogP contribution is 2.50. The lowest BCUT2D eigenvalue weighted by Gasteiger charge is -2.52. The lowest BCUT2D eigenvalue weighted by molar-refractivity contribution is -0.0188. The summed E-state index contributed by atoms with van der Waals surface area (Å²) in [4.78, 5) is 19.4. The number of likely N-dealkylation sites (tertiary alicyclic amines) is 2. The number of amides is 1. The van der Waals surface area contributed by atoms with E-state index in [1.54, 1.807) is 0 Å². The second kappa shape index (κ2) is 8.26. The molecule has 6 nitrogen and oxygen atoms in total. The molecule has 2 heterocycles. The molecule has 2 aliphatic carbocycles. The number of hydrogen-bond donors (Lipinski definition) is 0. The van der Waals surface area contributed by atoms with Crippen LogP contribution in [0.1, 0.15) is 51.9 Å². The molecule has 0 aromatic carbocycles. The number of piperidine rings is 1. The molecule has 4 rings (SSSR count). The van der Waals surface area contributed by atoms with Gasteiger partial charge in [-0.05, 0) is 70.4 Å². The standard InChI is InChI=1S/C21H37N3O3/c1-3-27-20(25)23-11-8-21(16-23)14-19(15-21)22-9-6-18(7-10-22)24(12-13-26-2)17-4-5-17/h17-19H,3-16H2,1-2H3. The van der Waals surface area contributed by atoms with Gasteiger partial charge in [-0.3, -0.25) is 4.90 Å². The molecule has 1 amide bonds. The van der Waals surface area contributed by atoms with Gasteiger partial charge in [0, 0.05) is 44.9 Å². The summed E-state index contributed by atoms with van der Waals surface area (Å²) < 4.78 is 10.5. The fourth-order valence-corrected chi connectivity index (χ4v) is 5.69. The van der Waals surface area contributed by atoms with E-state index < -0.39 is 0 Å². The molecule has 154 valence electrons. The summed E-state index contributed by atoms with van der Waals surface area (Å²) in [6.07, 6.45) is 8.95. The molecule has 4 aliphatic rings. The van der Waals surface area contributed by atoms with Crippen LogP contribution < -0.4 is 0 Å². The largest absolute Gasteiger partial charge is 0.450 e. The highest BCUT2D eigenvalue weighted by Gasteiger charge is 2.51. The van der Waals surface area contributed by atoms with Crippen molar-refractivity contribution in [2.24, 2.45) is 5.41 Å². The molecular formula is C21H37N3O3. The number of ether oxygens (including phenoxy) is 2. The minimum atomic E-state index is -0.116. The van der Waals surface area contributed by atoms with Crippen molar-refractivity contribution in [2.75, 3.05) is 53.0 Å². The minimum Gasteiger partial charge on any atom is -0.450 e. The van der Waals surface area contributed by atoms with E-state index in [0.717, 1.165) is 50.8 Å². The van der Waals surface area contributed by atoms with Gasteiger partial charge in [-0.25, -0.2) is 4.79 Å². The number of rotatable bonds is 7. The molecule has 2 saturated heterocycles. The Hall–Kier alpha value is -0.850. The summed E-state index contributed by atoms with van der Waals surface area (Å²) in [6, 6.07) is 2.32.